The maximum absolute atomic E-state index is 12.0. The molecule has 0 aliphatic rings. The molecule has 0 bridgehead atoms. The first-order chi connectivity index (χ1) is 10.9. The number of nitrogens with zero attached hydrogens (tertiary/aromatic N) is 3. The van der Waals surface area contributed by atoms with Crippen molar-refractivity contribution in [1.29, 1.82) is 0 Å². The van der Waals surface area contributed by atoms with Crippen LogP contribution in [-0.4, -0.2) is 47.6 Å². The fraction of sp³-hybridized carbons (Fsp3) is 0.455. The molecular weight excluding hydrogens is 330 g/mol. The number of imide groups is 1. The minimum atomic E-state index is -0.946. The van der Waals surface area contributed by atoms with Crippen molar-refractivity contribution < 1.29 is 24.0 Å². The van der Waals surface area contributed by atoms with E-state index in [0.717, 1.165) is 11.1 Å². The van der Waals surface area contributed by atoms with Crippen LogP contribution in [0.4, 0.5) is 19.7 Å². The first-order valence-electron chi connectivity index (χ1n) is 6.51. The van der Waals surface area contributed by atoms with Gasteiger partial charge in [0, 0.05) is 6.54 Å². The zero-order chi connectivity index (χ0) is 17.4. The molecule has 0 aromatic carbocycles. The quantitative estimate of drug-likeness (QED) is 0.574. The minimum absolute atomic E-state index is 0.0401. The van der Waals surface area contributed by atoms with Gasteiger partial charge in [0.15, 0.2) is 5.13 Å². The van der Waals surface area contributed by atoms with Crippen molar-refractivity contribution in [2.45, 2.75) is 13.8 Å². The summed E-state index contributed by atoms with van der Waals surface area (Å²) in [6.45, 7) is 3.05. The van der Waals surface area contributed by atoms with Crippen LogP contribution in [-0.2, 0) is 9.53 Å². The lowest BCUT2D eigenvalue weighted by atomic mass is 10.5. The highest BCUT2D eigenvalue weighted by Crippen LogP contribution is 2.28. The Labute approximate surface area is 134 Å². The Morgan fingerprint density at radius 2 is 2.13 bits per heavy atom. The smallest absolute Gasteiger partial charge is 0.413 e. The maximum Gasteiger partial charge on any atom is 0.413 e. The number of ether oxygens (including phenoxy) is 1. The summed E-state index contributed by atoms with van der Waals surface area (Å²) in [5.74, 6) is -0.812. The van der Waals surface area contributed by atoms with Crippen molar-refractivity contribution >= 4 is 39.5 Å². The Kier molecular flexibility index (Phi) is 6.86. The standard InChI is InChI=1S/C11H15N5O6S/c1-3-12-9(18)15(6-7(17)14-11(19)22-4-2)10-13-5-8(23-10)16(20)21/h5H,3-4,6H2,1-2H3,(H,12,18)(H,14,17,19). The van der Waals surface area contributed by atoms with Crippen LogP contribution in [0.25, 0.3) is 0 Å². The second kappa shape index (κ2) is 8.63. The van der Waals surface area contributed by atoms with Gasteiger partial charge in [-0.2, -0.15) is 0 Å². The molecule has 0 fully saturated rings. The molecular formula is C11H15N5O6S. The molecule has 0 radical (unpaired) electrons. The number of anilines is 1. The zero-order valence-electron chi connectivity index (χ0n) is 12.4. The van der Waals surface area contributed by atoms with Crippen LogP contribution in [0.1, 0.15) is 13.8 Å². The van der Waals surface area contributed by atoms with E-state index in [2.05, 4.69) is 15.0 Å². The van der Waals surface area contributed by atoms with Crippen LogP contribution < -0.4 is 15.5 Å². The van der Waals surface area contributed by atoms with Gasteiger partial charge in [-0.3, -0.25) is 25.1 Å². The lowest BCUT2D eigenvalue weighted by Crippen LogP contribution is -2.47. The number of nitrogens with one attached hydrogen (secondary N) is 2. The highest BCUT2D eigenvalue weighted by atomic mass is 32.1. The lowest BCUT2D eigenvalue weighted by molar-refractivity contribution is -0.380. The van der Waals surface area contributed by atoms with Crippen molar-refractivity contribution in [3.8, 4) is 0 Å². The van der Waals surface area contributed by atoms with Gasteiger partial charge in [0.1, 0.15) is 12.7 Å². The van der Waals surface area contributed by atoms with Gasteiger partial charge in [-0.05, 0) is 25.2 Å². The van der Waals surface area contributed by atoms with E-state index in [1.54, 1.807) is 13.8 Å². The first kappa shape index (κ1) is 18.3. The van der Waals surface area contributed by atoms with E-state index in [1.165, 1.54) is 0 Å². The molecule has 1 aromatic rings. The molecule has 23 heavy (non-hydrogen) atoms. The summed E-state index contributed by atoms with van der Waals surface area (Å²) in [5.41, 5.74) is 0. The lowest BCUT2D eigenvalue weighted by Gasteiger charge is -2.18. The molecule has 0 saturated carbocycles. The van der Waals surface area contributed by atoms with Gasteiger partial charge in [-0.25, -0.2) is 14.6 Å². The van der Waals surface area contributed by atoms with E-state index in [9.17, 15) is 24.5 Å². The average molecular weight is 345 g/mol. The molecule has 0 aliphatic carbocycles. The van der Waals surface area contributed by atoms with E-state index in [0.29, 0.717) is 11.3 Å². The first-order valence-corrected chi connectivity index (χ1v) is 7.32. The Hall–Kier alpha value is -2.76. The average Bonchev–Trinajstić information content (AvgIpc) is 2.94. The molecule has 0 unspecified atom stereocenters. The molecule has 0 spiro atoms. The van der Waals surface area contributed by atoms with Crippen LogP contribution >= 0.6 is 11.3 Å². The molecule has 1 aromatic heterocycles. The van der Waals surface area contributed by atoms with Gasteiger partial charge < -0.3 is 10.1 Å². The van der Waals surface area contributed by atoms with Crippen molar-refractivity contribution in [2.75, 3.05) is 24.6 Å². The zero-order valence-corrected chi connectivity index (χ0v) is 13.2. The number of hydrogen-bond donors (Lipinski definition) is 2. The van der Waals surface area contributed by atoms with Gasteiger partial charge in [-0.15, -0.1) is 0 Å². The summed E-state index contributed by atoms with van der Waals surface area (Å²) in [6, 6.07) is -0.671. The van der Waals surface area contributed by atoms with Crippen molar-refractivity contribution in [2.24, 2.45) is 0 Å². The van der Waals surface area contributed by atoms with E-state index in [1.807, 2.05) is 5.32 Å². The number of carbonyl (C=O) groups is 3. The molecule has 12 heteroatoms. The van der Waals surface area contributed by atoms with Gasteiger partial charge in [0.05, 0.1) is 11.5 Å². The van der Waals surface area contributed by atoms with Crippen LogP contribution in [0.15, 0.2) is 6.20 Å². The van der Waals surface area contributed by atoms with Crippen LogP contribution in [0, 0.1) is 10.1 Å². The number of hydrogen-bond acceptors (Lipinski definition) is 8. The summed E-state index contributed by atoms with van der Waals surface area (Å²) in [6.07, 6.45) is 0.0358. The van der Waals surface area contributed by atoms with Crippen LogP contribution in [0.5, 0.6) is 0 Å². The Balaban J connectivity index is 2.87. The number of aromatic nitrogens is 1. The summed E-state index contributed by atoms with van der Waals surface area (Å²) in [5, 5.41) is 14.8. The predicted octanol–water partition coefficient (Wildman–Crippen LogP) is 0.860. The maximum atomic E-state index is 12.0. The number of alkyl carbamates (subject to hydrolysis) is 1. The van der Waals surface area contributed by atoms with Crippen LogP contribution in [0.3, 0.4) is 0 Å². The van der Waals surface area contributed by atoms with Crippen molar-refractivity contribution in [3.63, 3.8) is 0 Å². The van der Waals surface area contributed by atoms with E-state index < -0.39 is 29.5 Å². The molecule has 0 atom stereocenters. The predicted molar refractivity (Wildman–Crippen MR) is 80.4 cm³/mol. The largest absolute Gasteiger partial charge is 0.450 e. The number of urea groups is 1. The van der Waals surface area contributed by atoms with E-state index in [-0.39, 0.29) is 23.3 Å². The molecule has 1 heterocycles. The molecule has 0 aliphatic heterocycles. The highest BCUT2D eigenvalue weighted by Gasteiger charge is 2.25. The third-order valence-corrected chi connectivity index (χ3v) is 3.26. The number of carbonyl (C=O) groups excluding carboxylic acids is 3. The Morgan fingerprint density at radius 1 is 1.43 bits per heavy atom. The second-order valence-corrected chi connectivity index (χ2v) is 4.92. The molecule has 0 saturated heterocycles. The Bertz CT molecular complexity index is 603. The third-order valence-electron chi connectivity index (χ3n) is 2.28. The summed E-state index contributed by atoms with van der Waals surface area (Å²) in [4.78, 5) is 49.6. The van der Waals surface area contributed by atoms with Crippen molar-refractivity contribution in [1.82, 2.24) is 15.6 Å². The van der Waals surface area contributed by atoms with Crippen LogP contribution in [0.2, 0.25) is 0 Å². The molecule has 126 valence electrons. The van der Waals surface area contributed by atoms with E-state index >= 15 is 0 Å². The topological polar surface area (TPSA) is 144 Å². The number of amides is 4. The normalized spacial score (nSPS) is 9.83. The number of nitro groups is 1. The van der Waals surface area contributed by atoms with Gasteiger partial charge >= 0.3 is 17.1 Å². The summed E-state index contributed by atoms with van der Waals surface area (Å²) < 4.78 is 4.55. The fourth-order valence-electron chi connectivity index (χ4n) is 1.40. The van der Waals surface area contributed by atoms with Crippen molar-refractivity contribution in [3.05, 3.63) is 16.3 Å². The SMILES string of the molecule is CCNC(=O)N(CC(=O)NC(=O)OCC)c1ncc([N+](=O)[O-])s1. The van der Waals surface area contributed by atoms with E-state index in [4.69, 9.17) is 0 Å². The molecule has 4 amide bonds. The highest BCUT2D eigenvalue weighted by molar-refractivity contribution is 7.18. The minimum Gasteiger partial charge on any atom is -0.450 e. The molecule has 1 rings (SSSR count). The third kappa shape index (κ3) is 5.50. The number of thiazole rings is 1. The monoisotopic (exact) mass is 345 g/mol. The molecule has 2 N–H and O–H groups in total. The molecule has 11 nitrogen and oxygen atoms in total. The number of rotatable bonds is 6. The summed E-state index contributed by atoms with van der Waals surface area (Å²) >= 11 is 0.633. The Morgan fingerprint density at radius 3 is 2.65 bits per heavy atom. The van der Waals surface area contributed by atoms with Gasteiger partial charge in [0.2, 0.25) is 5.91 Å². The van der Waals surface area contributed by atoms with Gasteiger partial charge in [-0.1, -0.05) is 0 Å². The van der Waals surface area contributed by atoms with Gasteiger partial charge in [0.25, 0.3) is 0 Å². The second-order valence-electron chi connectivity index (χ2n) is 3.93. The fourth-order valence-corrected chi connectivity index (χ4v) is 2.13. The summed E-state index contributed by atoms with van der Waals surface area (Å²) in [7, 11) is 0.